The van der Waals surface area contributed by atoms with E-state index in [0.717, 1.165) is 37.4 Å². The second kappa shape index (κ2) is 6.48. The molecule has 0 saturated carbocycles. The van der Waals surface area contributed by atoms with Crippen molar-refractivity contribution in [2.75, 3.05) is 26.7 Å². The van der Waals surface area contributed by atoms with E-state index in [1.54, 1.807) is 7.11 Å². The molecular weight excluding hydrogens is 264 g/mol. The average Bonchev–Trinajstić information content (AvgIpc) is 2.71. The molecule has 1 fully saturated rings. The van der Waals surface area contributed by atoms with Gasteiger partial charge in [-0.15, -0.1) is 0 Å². The maximum absolute atomic E-state index is 12.9. The number of carbonyl (C=O) groups is 1. The van der Waals surface area contributed by atoms with E-state index in [1.165, 1.54) is 0 Å². The van der Waals surface area contributed by atoms with Crippen molar-refractivity contribution in [1.29, 1.82) is 0 Å². The van der Waals surface area contributed by atoms with E-state index in [2.05, 4.69) is 12.2 Å². The number of nitrogens with zero attached hydrogens (tertiary/aromatic N) is 1. The van der Waals surface area contributed by atoms with Crippen LogP contribution in [0.5, 0.6) is 5.75 Å². The molecule has 1 aliphatic heterocycles. The summed E-state index contributed by atoms with van der Waals surface area (Å²) in [7, 11) is 1.65. The lowest BCUT2D eigenvalue weighted by Crippen LogP contribution is -2.46. The van der Waals surface area contributed by atoms with Gasteiger partial charge in [0.2, 0.25) is 5.91 Å². The summed E-state index contributed by atoms with van der Waals surface area (Å²) in [5.41, 5.74) is 0.509. The Morgan fingerprint density at radius 2 is 2.00 bits per heavy atom. The van der Waals surface area contributed by atoms with Crippen molar-refractivity contribution in [2.45, 2.75) is 38.6 Å². The third kappa shape index (κ3) is 3.56. The number of hydrogen-bond acceptors (Lipinski definition) is 3. The van der Waals surface area contributed by atoms with Crippen LogP contribution in [-0.4, -0.2) is 43.6 Å². The number of benzene rings is 1. The molecule has 1 heterocycles. The van der Waals surface area contributed by atoms with E-state index < -0.39 is 5.41 Å². The van der Waals surface area contributed by atoms with Crippen LogP contribution in [0.2, 0.25) is 0 Å². The molecule has 0 aromatic heterocycles. The Balaban J connectivity index is 2.18. The lowest BCUT2D eigenvalue weighted by molar-refractivity contribution is -0.136. The Hall–Kier alpha value is -1.55. The van der Waals surface area contributed by atoms with Crippen molar-refractivity contribution in [3.05, 3.63) is 29.8 Å². The summed E-state index contributed by atoms with van der Waals surface area (Å²) in [5, 5.41) is 3.43. The Labute approximate surface area is 127 Å². The number of hydrogen-bond donors (Lipinski definition) is 1. The summed E-state index contributed by atoms with van der Waals surface area (Å²) in [6, 6.07) is 8.14. The summed E-state index contributed by atoms with van der Waals surface area (Å²) in [4.78, 5) is 14.9. The fraction of sp³-hybridized carbons (Fsp3) is 0.588. The molecule has 1 N–H and O–H groups in total. The van der Waals surface area contributed by atoms with Crippen molar-refractivity contribution in [1.82, 2.24) is 10.2 Å². The van der Waals surface area contributed by atoms with Crippen molar-refractivity contribution < 1.29 is 9.53 Å². The van der Waals surface area contributed by atoms with Crippen LogP contribution in [0, 0.1) is 0 Å². The maximum Gasteiger partial charge on any atom is 0.232 e. The zero-order valence-electron chi connectivity index (χ0n) is 13.5. The SMILES string of the molecule is COc1ccc(C(C)(C)C(=O)N2CCCNC(C)C2)cc1. The van der Waals surface area contributed by atoms with Gasteiger partial charge in [0.15, 0.2) is 0 Å². The standard InChI is InChI=1S/C17H26N2O2/c1-13-12-19(11-5-10-18-13)16(20)17(2,3)14-6-8-15(21-4)9-7-14/h6-9,13,18H,5,10-12H2,1-4H3. The minimum atomic E-state index is -0.518. The Bertz CT molecular complexity index is 482. The van der Waals surface area contributed by atoms with Crippen LogP contribution >= 0.6 is 0 Å². The van der Waals surface area contributed by atoms with Crippen molar-refractivity contribution in [2.24, 2.45) is 0 Å². The first-order valence-corrected chi connectivity index (χ1v) is 7.62. The summed E-state index contributed by atoms with van der Waals surface area (Å²) in [6.07, 6.45) is 1.01. The predicted octanol–water partition coefficient (Wildman–Crippen LogP) is 2.18. The van der Waals surface area contributed by atoms with Crippen molar-refractivity contribution in [3.8, 4) is 5.75 Å². The lowest BCUT2D eigenvalue weighted by Gasteiger charge is -2.32. The van der Waals surface area contributed by atoms with Crippen LogP contribution in [0.1, 0.15) is 32.8 Å². The van der Waals surface area contributed by atoms with Crippen molar-refractivity contribution in [3.63, 3.8) is 0 Å². The molecule has 1 unspecified atom stereocenters. The summed E-state index contributed by atoms with van der Waals surface area (Å²) in [6.45, 7) is 8.72. The molecule has 1 amide bonds. The number of methoxy groups -OCH3 is 1. The van der Waals surface area contributed by atoms with Gasteiger partial charge >= 0.3 is 0 Å². The molecule has 1 saturated heterocycles. The van der Waals surface area contributed by atoms with Crippen molar-refractivity contribution >= 4 is 5.91 Å². The summed E-state index contributed by atoms with van der Waals surface area (Å²) >= 11 is 0. The molecule has 0 aliphatic carbocycles. The molecule has 1 aliphatic rings. The molecule has 21 heavy (non-hydrogen) atoms. The molecule has 0 radical (unpaired) electrons. The smallest absolute Gasteiger partial charge is 0.232 e. The number of rotatable bonds is 3. The largest absolute Gasteiger partial charge is 0.497 e. The predicted molar refractivity (Wildman–Crippen MR) is 84.7 cm³/mol. The normalized spacial score (nSPS) is 20.0. The highest BCUT2D eigenvalue weighted by Gasteiger charge is 2.34. The van der Waals surface area contributed by atoms with E-state index in [-0.39, 0.29) is 5.91 Å². The van der Waals surface area contributed by atoms with Gasteiger partial charge in [0.25, 0.3) is 0 Å². The minimum Gasteiger partial charge on any atom is -0.497 e. The van der Waals surface area contributed by atoms with E-state index >= 15 is 0 Å². The zero-order chi connectivity index (χ0) is 15.5. The number of carbonyl (C=O) groups excluding carboxylic acids is 1. The highest BCUT2D eigenvalue weighted by atomic mass is 16.5. The second-order valence-corrected chi connectivity index (χ2v) is 6.31. The van der Waals surface area contributed by atoms with Gasteiger partial charge in [-0.3, -0.25) is 4.79 Å². The molecule has 4 nitrogen and oxygen atoms in total. The third-order valence-corrected chi connectivity index (χ3v) is 4.23. The van der Waals surface area contributed by atoms with E-state index in [4.69, 9.17) is 4.74 Å². The van der Waals surface area contributed by atoms with Gasteiger partial charge in [-0.1, -0.05) is 12.1 Å². The summed E-state index contributed by atoms with van der Waals surface area (Å²) < 4.78 is 5.19. The van der Waals surface area contributed by atoms with Crippen LogP contribution in [-0.2, 0) is 10.2 Å². The molecule has 0 spiro atoms. The number of amides is 1. The first kappa shape index (κ1) is 15.8. The van der Waals surface area contributed by atoms with E-state index in [1.807, 2.05) is 43.0 Å². The van der Waals surface area contributed by atoms with Crippen LogP contribution in [0.25, 0.3) is 0 Å². The Kier molecular flexibility index (Phi) is 4.88. The van der Waals surface area contributed by atoms with Gasteiger partial charge in [0, 0.05) is 19.1 Å². The molecule has 1 aromatic carbocycles. The maximum atomic E-state index is 12.9. The lowest BCUT2D eigenvalue weighted by atomic mass is 9.83. The monoisotopic (exact) mass is 290 g/mol. The van der Waals surface area contributed by atoms with Crippen LogP contribution in [0.4, 0.5) is 0 Å². The molecule has 116 valence electrons. The van der Waals surface area contributed by atoms with Gasteiger partial charge in [-0.2, -0.15) is 0 Å². The highest BCUT2D eigenvalue weighted by Crippen LogP contribution is 2.28. The van der Waals surface area contributed by atoms with Gasteiger partial charge in [-0.25, -0.2) is 0 Å². The fourth-order valence-electron chi connectivity index (χ4n) is 2.82. The molecule has 1 aromatic rings. The number of ether oxygens (including phenoxy) is 1. The fourth-order valence-corrected chi connectivity index (χ4v) is 2.82. The Morgan fingerprint density at radius 1 is 1.33 bits per heavy atom. The zero-order valence-corrected chi connectivity index (χ0v) is 13.5. The first-order chi connectivity index (χ1) is 9.95. The summed E-state index contributed by atoms with van der Waals surface area (Å²) in [5.74, 6) is 1.01. The van der Waals surface area contributed by atoms with Crippen LogP contribution < -0.4 is 10.1 Å². The average molecular weight is 290 g/mol. The van der Waals surface area contributed by atoms with E-state index in [9.17, 15) is 4.79 Å². The van der Waals surface area contributed by atoms with Gasteiger partial charge < -0.3 is 15.0 Å². The molecule has 2 rings (SSSR count). The first-order valence-electron chi connectivity index (χ1n) is 7.62. The third-order valence-electron chi connectivity index (χ3n) is 4.23. The van der Waals surface area contributed by atoms with E-state index in [0.29, 0.717) is 6.04 Å². The molecular formula is C17H26N2O2. The molecule has 4 heteroatoms. The molecule has 1 atom stereocenters. The van der Waals surface area contributed by atoms with Crippen LogP contribution in [0.3, 0.4) is 0 Å². The quantitative estimate of drug-likeness (QED) is 0.928. The minimum absolute atomic E-state index is 0.197. The highest BCUT2D eigenvalue weighted by molar-refractivity contribution is 5.87. The molecule has 0 bridgehead atoms. The second-order valence-electron chi connectivity index (χ2n) is 6.31. The topological polar surface area (TPSA) is 41.6 Å². The van der Waals surface area contributed by atoms with Gasteiger partial charge in [0.1, 0.15) is 5.75 Å². The van der Waals surface area contributed by atoms with Crippen LogP contribution in [0.15, 0.2) is 24.3 Å². The van der Waals surface area contributed by atoms with Gasteiger partial charge in [-0.05, 0) is 51.4 Å². The number of nitrogens with one attached hydrogen (secondary N) is 1. The Morgan fingerprint density at radius 3 is 2.62 bits per heavy atom. The van der Waals surface area contributed by atoms with Gasteiger partial charge in [0.05, 0.1) is 12.5 Å².